The zero-order chi connectivity index (χ0) is 18.6. The topological polar surface area (TPSA) is 62.3 Å². The molecule has 1 atom stereocenters. The van der Waals surface area contributed by atoms with Crippen LogP contribution in [0.1, 0.15) is 21.6 Å². The van der Waals surface area contributed by atoms with Crippen molar-refractivity contribution in [3.8, 4) is 0 Å². The Balaban J connectivity index is 1.59. The fraction of sp³-hybridized carbons (Fsp3) is 0.136. The first-order valence-electron chi connectivity index (χ1n) is 8.88. The van der Waals surface area contributed by atoms with Crippen molar-refractivity contribution in [2.45, 2.75) is 19.0 Å². The van der Waals surface area contributed by atoms with Gasteiger partial charge < -0.3 is 5.32 Å². The number of pyridine rings is 1. The molecular weight excluding hydrogens is 338 g/mol. The van der Waals surface area contributed by atoms with Gasteiger partial charge in [0.25, 0.3) is 5.91 Å². The van der Waals surface area contributed by atoms with Gasteiger partial charge in [-0.25, -0.2) is 0 Å². The van der Waals surface area contributed by atoms with Crippen LogP contribution in [0, 0.1) is 0 Å². The number of benzene rings is 2. The van der Waals surface area contributed by atoms with E-state index in [1.54, 1.807) is 23.2 Å². The first-order valence-corrected chi connectivity index (χ1v) is 8.88. The maximum atomic E-state index is 13.1. The molecule has 0 radical (unpaired) electrons. The number of nitrogens with one attached hydrogen (secondary N) is 1. The monoisotopic (exact) mass is 357 g/mol. The number of hydrogen-bond acceptors (Lipinski definition) is 3. The van der Waals surface area contributed by atoms with Crippen LogP contribution in [-0.4, -0.2) is 22.8 Å². The minimum absolute atomic E-state index is 0.168. The molecule has 1 aliphatic heterocycles. The number of anilines is 1. The lowest BCUT2D eigenvalue weighted by Crippen LogP contribution is -2.48. The highest BCUT2D eigenvalue weighted by atomic mass is 16.2. The molecule has 1 aliphatic rings. The average molecular weight is 357 g/mol. The van der Waals surface area contributed by atoms with Crippen LogP contribution in [0.25, 0.3) is 0 Å². The number of rotatable bonds is 4. The fourth-order valence-electron chi connectivity index (χ4n) is 3.36. The molecule has 5 heteroatoms. The number of aromatic nitrogens is 1. The van der Waals surface area contributed by atoms with Crippen LogP contribution in [0.4, 0.5) is 5.69 Å². The smallest absolute Gasteiger partial charge is 0.259 e. The lowest BCUT2D eigenvalue weighted by molar-refractivity contribution is -0.122. The van der Waals surface area contributed by atoms with Crippen LogP contribution in [-0.2, 0) is 17.8 Å². The SMILES string of the molecule is O=C(NCc1ccccn1)C1Cc2ccccc2N1C(=O)c1ccccc1. The van der Waals surface area contributed by atoms with E-state index in [0.29, 0.717) is 18.5 Å². The van der Waals surface area contributed by atoms with Gasteiger partial charge in [-0.3, -0.25) is 19.5 Å². The summed E-state index contributed by atoms with van der Waals surface area (Å²) in [6.07, 6.45) is 2.20. The molecule has 0 spiro atoms. The van der Waals surface area contributed by atoms with Gasteiger partial charge in [0.2, 0.25) is 5.91 Å². The number of nitrogens with zero attached hydrogens (tertiary/aromatic N) is 2. The Morgan fingerprint density at radius 1 is 0.963 bits per heavy atom. The van der Waals surface area contributed by atoms with Crippen LogP contribution in [0.2, 0.25) is 0 Å². The lowest BCUT2D eigenvalue weighted by Gasteiger charge is -2.25. The molecule has 2 aromatic carbocycles. The molecule has 2 amide bonds. The Bertz CT molecular complexity index is 958. The van der Waals surface area contributed by atoms with Crippen LogP contribution in [0.5, 0.6) is 0 Å². The van der Waals surface area contributed by atoms with Crippen LogP contribution in [0.3, 0.4) is 0 Å². The van der Waals surface area contributed by atoms with Gasteiger partial charge >= 0.3 is 0 Å². The third-order valence-corrected chi connectivity index (χ3v) is 4.69. The molecule has 1 aromatic heterocycles. The molecule has 1 N–H and O–H groups in total. The van der Waals surface area contributed by atoms with Gasteiger partial charge in [-0.05, 0) is 35.9 Å². The van der Waals surface area contributed by atoms with Gasteiger partial charge in [0.1, 0.15) is 6.04 Å². The van der Waals surface area contributed by atoms with E-state index in [1.165, 1.54) is 0 Å². The van der Waals surface area contributed by atoms with Crippen molar-refractivity contribution in [1.82, 2.24) is 10.3 Å². The van der Waals surface area contributed by atoms with E-state index in [4.69, 9.17) is 0 Å². The van der Waals surface area contributed by atoms with Gasteiger partial charge in [0.05, 0.1) is 12.2 Å². The lowest BCUT2D eigenvalue weighted by atomic mass is 10.1. The summed E-state index contributed by atoms with van der Waals surface area (Å²) in [6, 6.07) is 21.7. The van der Waals surface area contributed by atoms with E-state index in [-0.39, 0.29) is 11.8 Å². The van der Waals surface area contributed by atoms with Crippen molar-refractivity contribution in [1.29, 1.82) is 0 Å². The van der Waals surface area contributed by atoms with Crippen molar-refractivity contribution in [2.24, 2.45) is 0 Å². The standard InChI is InChI=1S/C22H19N3O2/c26-21(24-15-18-11-6-7-13-23-18)20-14-17-10-4-5-12-19(17)25(20)22(27)16-8-2-1-3-9-16/h1-13,20H,14-15H2,(H,24,26). The van der Waals surface area contributed by atoms with Gasteiger partial charge in [-0.15, -0.1) is 0 Å². The highest BCUT2D eigenvalue weighted by molar-refractivity contribution is 6.11. The molecule has 0 fully saturated rings. The summed E-state index contributed by atoms with van der Waals surface area (Å²) >= 11 is 0. The molecule has 27 heavy (non-hydrogen) atoms. The summed E-state index contributed by atoms with van der Waals surface area (Å²) in [5.74, 6) is -0.348. The molecule has 0 bridgehead atoms. The largest absolute Gasteiger partial charge is 0.349 e. The minimum atomic E-state index is -0.571. The zero-order valence-electron chi connectivity index (χ0n) is 14.7. The third-order valence-electron chi connectivity index (χ3n) is 4.69. The predicted molar refractivity (Wildman–Crippen MR) is 103 cm³/mol. The second-order valence-corrected chi connectivity index (χ2v) is 6.43. The predicted octanol–water partition coefficient (Wildman–Crippen LogP) is 2.97. The summed E-state index contributed by atoms with van der Waals surface area (Å²) < 4.78 is 0. The van der Waals surface area contributed by atoms with Gasteiger partial charge in [0.15, 0.2) is 0 Å². The van der Waals surface area contributed by atoms with Crippen LogP contribution < -0.4 is 10.2 Å². The average Bonchev–Trinajstić information content (AvgIpc) is 3.12. The number of para-hydroxylation sites is 1. The Labute approximate surface area is 157 Å². The van der Waals surface area contributed by atoms with E-state index in [2.05, 4.69) is 10.3 Å². The number of carbonyl (C=O) groups excluding carboxylic acids is 2. The summed E-state index contributed by atoms with van der Waals surface area (Å²) in [4.78, 5) is 31.9. The second-order valence-electron chi connectivity index (χ2n) is 6.43. The first-order chi connectivity index (χ1) is 13.2. The molecule has 134 valence electrons. The van der Waals surface area contributed by atoms with Crippen molar-refractivity contribution in [3.63, 3.8) is 0 Å². The highest BCUT2D eigenvalue weighted by Crippen LogP contribution is 2.33. The van der Waals surface area contributed by atoms with E-state index in [9.17, 15) is 9.59 Å². The quantitative estimate of drug-likeness (QED) is 0.781. The number of amides is 2. The Hall–Kier alpha value is -3.47. The molecule has 5 nitrogen and oxygen atoms in total. The van der Waals surface area contributed by atoms with Gasteiger partial charge in [0, 0.05) is 23.9 Å². The fourth-order valence-corrected chi connectivity index (χ4v) is 3.36. The molecule has 2 heterocycles. The molecule has 0 aliphatic carbocycles. The molecule has 0 saturated heterocycles. The van der Waals surface area contributed by atoms with Crippen molar-refractivity contribution >= 4 is 17.5 Å². The van der Waals surface area contributed by atoms with Crippen LogP contribution >= 0.6 is 0 Å². The van der Waals surface area contributed by atoms with Crippen molar-refractivity contribution < 1.29 is 9.59 Å². The normalized spacial score (nSPS) is 15.3. The number of carbonyl (C=O) groups is 2. The Morgan fingerprint density at radius 2 is 1.70 bits per heavy atom. The Kier molecular flexibility index (Phi) is 4.66. The molecule has 1 unspecified atom stereocenters. The van der Waals surface area contributed by atoms with Crippen LogP contribution in [0.15, 0.2) is 79.0 Å². The Morgan fingerprint density at radius 3 is 2.48 bits per heavy atom. The maximum absolute atomic E-state index is 13.1. The summed E-state index contributed by atoms with van der Waals surface area (Å²) in [5.41, 5.74) is 3.14. The number of hydrogen-bond donors (Lipinski definition) is 1. The first kappa shape index (κ1) is 17.0. The van der Waals surface area contributed by atoms with E-state index < -0.39 is 6.04 Å². The van der Waals surface area contributed by atoms with Gasteiger partial charge in [-0.2, -0.15) is 0 Å². The summed E-state index contributed by atoms with van der Waals surface area (Å²) in [7, 11) is 0. The van der Waals surface area contributed by atoms with E-state index >= 15 is 0 Å². The summed E-state index contributed by atoms with van der Waals surface area (Å²) in [6.45, 7) is 0.333. The molecular formula is C22H19N3O2. The molecule has 0 saturated carbocycles. The van der Waals surface area contributed by atoms with Crippen molar-refractivity contribution in [2.75, 3.05) is 4.90 Å². The second kappa shape index (κ2) is 7.41. The molecule has 3 aromatic rings. The third kappa shape index (κ3) is 3.44. The van der Waals surface area contributed by atoms with Gasteiger partial charge in [-0.1, -0.05) is 42.5 Å². The van der Waals surface area contributed by atoms with E-state index in [0.717, 1.165) is 16.9 Å². The molecule has 4 rings (SSSR count). The van der Waals surface area contributed by atoms with E-state index in [1.807, 2.05) is 60.7 Å². The maximum Gasteiger partial charge on any atom is 0.259 e. The van der Waals surface area contributed by atoms with Crippen molar-refractivity contribution in [3.05, 3.63) is 95.8 Å². The number of fused-ring (bicyclic) bond motifs is 1. The summed E-state index contributed by atoms with van der Waals surface area (Å²) in [5, 5.41) is 2.92. The minimum Gasteiger partial charge on any atom is -0.349 e. The highest BCUT2D eigenvalue weighted by Gasteiger charge is 2.38. The zero-order valence-corrected chi connectivity index (χ0v) is 14.7.